The summed E-state index contributed by atoms with van der Waals surface area (Å²) in [4.78, 5) is 16.2. The summed E-state index contributed by atoms with van der Waals surface area (Å²) in [5.74, 6) is 0.175. The van der Waals surface area contributed by atoms with Crippen LogP contribution >= 0.6 is 11.6 Å². The molecule has 3 rings (SSSR count). The molecule has 29 heavy (non-hydrogen) atoms. The highest BCUT2D eigenvalue weighted by molar-refractivity contribution is 6.32. The molecule has 1 aromatic carbocycles. The van der Waals surface area contributed by atoms with Crippen molar-refractivity contribution in [2.75, 3.05) is 5.32 Å². The van der Waals surface area contributed by atoms with E-state index in [2.05, 4.69) is 25.8 Å². The predicted molar refractivity (Wildman–Crippen MR) is 100.0 cm³/mol. The minimum Gasteiger partial charge on any atom is -0.334 e. The second-order valence-corrected chi connectivity index (χ2v) is 6.77. The molecule has 1 atom stereocenters. The Kier molecular flexibility index (Phi) is 5.78. The Labute approximate surface area is 168 Å². The van der Waals surface area contributed by atoms with Gasteiger partial charge in [-0.25, -0.2) is 14.5 Å². The zero-order valence-corrected chi connectivity index (χ0v) is 16.2. The number of carbonyl (C=O) groups is 1. The molecule has 2 heterocycles. The van der Waals surface area contributed by atoms with E-state index in [0.717, 1.165) is 22.9 Å². The van der Waals surface area contributed by atoms with Crippen molar-refractivity contribution in [3.05, 3.63) is 53.2 Å². The number of nitrogens with zero attached hydrogens (tertiary/aromatic N) is 5. The zero-order chi connectivity index (χ0) is 21.2. The van der Waals surface area contributed by atoms with Crippen molar-refractivity contribution in [1.29, 1.82) is 0 Å². The molecule has 0 spiro atoms. The molecule has 0 saturated carbocycles. The van der Waals surface area contributed by atoms with Crippen molar-refractivity contribution in [3.8, 4) is 5.69 Å². The van der Waals surface area contributed by atoms with Gasteiger partial charge in [-0.15, -0.1) is 0 Å². The lowest BCUT2D eigenvalue weighted by atomic mass is 10.2. The molecule has 12 heteroatoms. The molecular formula is C17H17ClF3N7O. The van der Waals surface area contributed by atoms with Gasteiger partial charge in [0.25, 0.3) is 0 Å². The Bertz CT molecular complexity index is 1000. The number of nitrogens with one attached hydrogen (secondary N) is 2. The third kappa shape index (κ3) is 5.05. The van der Waals surface area contributed by atoms with Crippen LogP contribution in [0.1, 0.15) is 18.2 Å². The average molecular weight is 428 g/mol. The number of rotatable bonds is 5. The maximum Gasteiger partial charge on any atom is 0.416 e. The van der Waals surface area contributed by atoms with Gasteiger partial charge in [-0.2, -0.15) is 23.4 Å². The summed E-state index contributed by atoms with van der Waals surface area (Å²) in [5, 5.41) is 13.5. The third-order valence-corrected chi connectivity index (χ3v) is 4.20. The number of carbonyl (C=O) groups excluding carboxylic acids is 1. The first-order valence-corrected chi connectivity index (χ1v) is 8.85. The van der Waals surface area contributed by atoms with Gasteiger partial charge >= 0.3 is 12.2 Å². The molecule has 0 aliphatic heterocycles. The standard InChI is InChI=1S/C17H17ClF3N7O/c1-10-5-15(25-16(29)24-11(2)7-27-9-22-8-23-27)28(26-10)14-6-12(17(19,20)21)3-4-13(14)18/h3-6,8-9,11H,7H2,1-2H3,(H2,24,25,29)/t11-/m1/s1. The van der Waals surface area contributed by atoms with E-state index in [-0.39, 0.29) is 22.6 Å². The molecule has 154 valence electrons. The van der Waals surface area contributed by atoms with Gasteiger partial charge in [0.2, 0.25) is 0 Å². The minimum atomic E-state index is -4.54. The van der Waals surface area contributed by atoms with Crippen LogP contribution < -0.4 is 10.6 Å². The number of halogens is 4. The summed E-state index contributed by atoms with van der Waals surface area (Å²) in [6.07, 6.45) is -1.64. The molecule has 8 nitrogen and oxygen atoms in total. The topological polar surface area (TPSA) is 89.7 Å². The fourth-order valence-electron chi connectivity index (χ4n) is 2.65. The summed E-state index contributed by atoms with van der Waals surface area (Å²) in [6, 6.07) is 3.59. The molecule has 0 radical (unpaired) electrons. The molecule has 2 aromatic heterocycles. The minimum absolute atomic E-state index is 0.000514. The molecule has 2 amide bonds. The summed E-state index contributed by atoms with van der Waals surface area (Å²) in [5.41, 5.74) is -0.382. The molecule has 0 bridgehead atoms. The van der Waals surface area contributed by atoms with E-state index < -0.39 is 17.8 Å². The molecular weight excluding hydrogens is 411 g/mol. The van der Waals surface area contributed by atoms with E-state index in [1.54, 1.807) is 18.5 Å². The highest BCUT2D eigenvalue weighted by atomic mass is 35.5. The number of hydrogen-bond acceptors (Lipinski definition) is 4. The van der Waals surface area contributed by atoms with E-state index in [1.807, 2.05) is 0 Å². The quantitative estimate of drug-likeness (QED) is 0.650. The maximum absolute atomic E-state index is 13.1. The lowest BCUT2D eigenvalue weighted by molar-refractivity contribution is -0.137. The van der Waals surface area contributed by atoms with Crippen LogP contribution in [-0.4, -0.2) is 36.6 Å². The van der Waals surface area contributed by atoms with Crippen molar-refractivity contribution >= 4 is 23.4 Å². The van der Waals surface area contributed by atoms with Crippen molar-refractivity contribution in [1.82, 2.24) is 29.9 Å². The zero-order valence-electron chi connectivity index (χ0n) is 15.4. The Morgan fingerprint density at radius 2 is 2.07 bits per heavy atom. The second kappa shape index (κ2) is 8.11. The lowest BCUT2D eigenvalue weighted by Gasteiger charge is -2.16. The maximum atomic E-state index is 13.1. The third-order valence-electron chi connectivity index (χ3n) is 3.88. The van der Waals surface area contributed by atoms with Gasteiger partial charge in [0.1, 0.15) is 18.5 Å². The lowest BCUT2D eigenvalue weighted by Crippen LogP contribution is -2.39. The smallest absolute Gasteiger partial charge is 0.334 e. The molecule has 3 aromatic rings. The number of urea groups is 1. The summed E-state index contributed by atoms with van der Waals surface area (Å²) >= 11 is 6.09. The monoisotopic (exact) mass is 427 g/mol. The van der Waals surface area contributed by atoms with Gasteiger partial charge in [0.15, 0.2) is 0 Å². The number of aromatic nitrogens is 5. The van der Waals surface area contributed by atoms with E-state index in [4.69, 9.17) is 11.6 Å². The molecule has 2 N–H and O–H groups in total. The fourth-order valence-corrected chi connectivity index (χ4v) is 2.85. The summed E-state index contributed by atoms with van der Waals surface area (Å²) in [6.45, 7) is 3.81. The van der Waals surface area contributed by atoms with E-state index in [9.17, 15) is 18.0 Å². The fraction of sp³-hybridized carbons (Fsp3) is 0.294. The first-order valence-electron chi connectivity index (χ1n) is 8.47. The Morgan fingerprint density at radius 1 is 1.31 bits per heavy atom. The second-order valence-electron chi connectivity index (χ2n) is 6.36. The number of aryl methyl sites for hydroxylation is 1. The predicted octanol–water partition coefficient (Wildman–Crippen LogP) is 3.65. The summed E-state index contributed by atoms with van der Waals surface area (Å²) in [7, 11) is 0. The van der Waals surface area contributed by atoms with Crippen molar-refractivity contribution < 1.29 is 18.0 Å². The van der Waals surface area contributed by atoms with Gasteiger partial charge in [-0.3, -0.25) is 10.00 Å². The first kappa shape index (κ1) is 20.6. The van der Waals surface area contributed by atoms with Crippen LogP contribution in [0.2, 0.25) is 5.02 Å². The molecule has 0 aliphatic carbocycles. The normalized spacial score (nSPS) is 12.6. The van der Waals surface area contributed by atoms with Crippen LogP contribution in [0.5, 0.6) is 0 Å². The SMILES string of the molecule is Cc1cc(NC(=O)N[C@H](C)Cn2cncn2)n(-c2cc(C(F)(F)F)ccc2Cl)n1. The van der Waals surface area contributed by atoms with Crippen molar-refractivity contribution in [2.24, 2.45) is 0 Å². The van der Waals surface area contributed by atoms with Crippen LogP contribution in [0.3, 0.4) is 0 Å². The number of alkyl halides is 3. The van der Waals surface area contributed by atoms with E-state index >= 15 is 0 Å². The van der Waals surface area contributed by atoms with Crippen molar-refractivity contribution in [2.45, 2.75) is 32.6 Å². The Morgan fingerprint density at radius 3 is 2.72 bits per heavy atom. The Hall–Kier alpha value is -3.08. The number of benzene rings is 1. The summed E-state index contributed by atoms with van der Waals surface area (Å²) < 4.78 is 41.9. The van der Waals surface area contributed by atoms with Crippen LogP contribution in [0.25, 0.3) is 5.69 Å². The molecule has 0 fully saturated rings. The average Bonchev–Trinajstić information content (AvgIpc) is 3.23. The van der Waals surface area contributed by atoms with Crippen LogP contribution in [0.15, 0.2) is 36.9 Å². The molecule has 0 unspecified atom stereocenters. The van der Waals surface area contributed by atoms with E-state index in [1.165, 1.54) is 18.7 Å². The first-order chi connectivity index (χ1) is 13.6. The largest absolute Gasteiger partial charge is 0.416 e. The van der Waals surface area contributed by atoms with Gasteiger partial charge < -0.3 is 5.32 Å². The van der Waals surface area contributed by atoms with Gasteiger partial charge in [0, 0.05) is 12.1 Å². The van der Waals surface area contributed by atoms with E-state index in [0.29, 0.717) is 12.2 Å². The molecule has 0 saturated heterocycles. The van der Waals surface area contributed by atoms with Crippen LogP contribution in [0.4, 0.5) is 23.8 Å². The van der Waals surface area contributed by atoms with Crippen LogP contribution in [0, 0.1) is 6.92 Å². The number of amides is 2. The molecule has 0 aliphatic rings. The van der Waals surface area contributed by atoms with Crippen LogP contribution in [-0.2, 0) is 12.7 Å². The number of hydrogen-bond donors (Lipinski definition) is 2. The highest BCUT2D eigenvalue weighted by Gasteiger charge is 2.31. The van der Waals surface area contributed by atoms with Gasteiger partial charge in [-0.05, 0) is 32.0 Å². The van der Waals surface area contributed by atoms with Gasteiger partial charge in [0.05, 0.1) is 28.5 Å². The van der Waals surface area contributed by atoms with Gasteiger partial charge in [-0.1, -0.05) is 11.6 Å². The van der Waals surface area contributed by atoms with Crippen molar-refractivity contribution in [3.63, 3.8) is 0 Å². The number of anilines is 1. The highest BCUT2D eigenvalue weighted by Crippen LogP contribution is 2.34. The Balaban J connectivity index is 1.80.